The zero-order valence-corrected chi connectivity index (χ0v) is 9.40. The highest BCUT2D eigenvalue weighted by Crippen LogP contribution is 2.10. The largest absolute Gasteiger partial charge is 0.328 e. The van der Waals surface area contributed by atoms with Gasteiger partial charge in [0.15, 0.2) is 11.5 Å². The number of fused-ring (bicyclic) bond motifs is 1. The molecular formula is C9H11BrN4. The average molecular weight is 255 g/mol. The van der Waals surface area contributed by atoms with Gasteiger partial charge >= 0.3 is 0 Å². The molecule has 0 saturated heterocycles. The van der Waals surface area contributed by atoms with Crippen molar-refractivity contribution in [3.05, 3.63) is 28.6 Å². The second kappa shape index (κ2) is 3.67. The summed E-state index contributed by atoms with van der Waals surface area (Å²) in [4.78, 5) is 4.34. The number of rotatable bonds is 2. The Morgan fingerprint density at radius 2 is 2.36 bits per heavy atom. The van der Waals surface area contributed by atoms with Gasteiger partial charge in [0.05, 0.1) is 0 Å². The lowest BCUT2D eigenvalue weighted by molar-refractivity contribution is 0.699. The van der Waals surface area contributed by atoms with Crippen LogP contribution in [0.4, 0.5) is 0 Å². The summed E-state index contributed by atoms with van der Waals surface area (Å²) in [6, 6.07) is 3.96. The standard InChI is InChI=1S/C9H11BrN4/c1-6(11)4-8-12-9-3-2-7(10)5-14(9)13-8/h2-3,5-6H,4,11H2,1H3. The normalized spacial score (nSPS) is 13.4. The highest BCUT2D eigenvalue weighted by molar-refractivity contribution is 9.10. The third-order valence-electron chi connectivity index (χ3n) is 1.84. The molecule has 1 atom stereocenters. The summed E-state index contributed by atoms with van der Waals surface area (Å²) < 4.78 is 2.74. The Hall–Kier alpha value is -0.940. The van der Waals surface area contributed by atoms with Crippen LogP contribution in [-0.2, 0) is 6.42 Å². The molecule has 14 heavy (non-hydrogen) atoms. The van der Waals surface area contributed by atoms with E-state index in [1.165, 1.54) is 0 Å². The van der Waals surface area contributed by atoms with Crippen LogP contribution in [0, 0.1) is 0 Å². The molecule has 2 rings (SSSR count). The lowest BCUT2D eigenvalue weighted by Gasteiger charge is -1.97. The predicted octanol–water partition coefficient (Wildman–Crippen LogP) is 1.38. The Bertz CT molecular complexity index is 449. The van der Waals surface area contributed by atoms with Gasteiger partial charge in [0.2, 0.25) is 0 Å². The molecule has 2 heterocycles. The maximum Gasteiger partial charge on any atom is 0.155 e. The van der Waals surface area contributed by atoms with Gasteiger partial charge in [-0.1, -0.05) is 0 Å². The smallest absolute Gasteiger partial charge is 0.155 e. The van der Waals surface area contributed by atoms with E-state index in [-0.39, 0.29) is 6.04 Å². The summed E-state index contributed by atoms with van der Waals surface area (Å²) in [5, 5.41) is 4.31. The summed E-state index contributed by atoms with van der Waals surface area (Å²) >= 11 is 3.38. The zero-order valence-electron chi connectivity index (χ0n) is 7.81. The van der Waals surface area contributed by atoms with E-state index in [9.17, 15) is 0 Å². The van der Waals surface area contributed by atoms with E-state index in [4.69, 9.17) is 5.73 Å². The van der Waals surface area contributed by atoms with Gasteiger partial charge in [0.25, 0.3) is 0 Å². The monoisotopic (exact) mass is 254 g/mol. The highest BCUT2D eigenvalue weighted by atomic mass is 79.9. The minimum Gasteiger partial charge on any atom is -0.328 e. The molecule has 4 nitrogen and oxygen atoms in total. The third kappa shape index (κ3) is 1.93. The van der Waals surface area contributed by atoms with Crippen LogP contribution in [0.2, 0.25) is 0 Å². The Morgan fingerprint density at radius 3 is 3.07 bits per heavy atom. The SMILES string of the molecule is CC(N)Cc1nc2ccc(Br)cn2n1. The van der Waals surface area contributed by atoms with Gasteiger partial charge in [-0.3, -0.25) is 0 Å². The molecule has 0 bridgehead atoms. The van der Waals surface area contributed by atoms with Crippen molar-refractivity contribution in [1.29, 1.82) is 0 Å². The first-order valence-electron chi connectivity index (χ1n) is 4.41. The molecule has 0 amide bonds. The molecule has 0 aliphatic rings. The highest BCUT2D eigenvalue weighted by Gasteiger charge is 2.05. The topological polar surface area (TPSA) is 56.2 Å². The van der Waals surface area contributed by atoms with Crippen molar-refractivity contribution in [3.8, 4) is 0 Å². The second-order valence-electron chi connectivity index (χ2n) is 3.36. The van der Waals surface area contributed by atoms with Gasteiger partial charge in [0, 0.05) is 23.1 Å². The zero-order chi connectivity index (χ0) is 10.1. The van der Waals surface area contributed by atoms with Crippen molar-refractivity contribution in [2.75, 3.05) is 0 Å². The molecule has 0 fully saturated rings. The molecule has 0 aromatic carbocycles. The Balaban J connectivity index is 2.41. The van der Waals surface area contributed by atoms with Crippen molar-refractivity contribution in [2.24, 2.45) is 5.73 Å². The molecule has 2 aromatic heterocycles. The maximum absolute atomic E-state index is 5.68. The van der Waals surface area contributed by atoms with Gasteiger partial charge in [0.1, 0.15) is 0 Å². The molecular weight excluding hydrogens is 244 g/mol. The van der Waals surface area contributed by atoms with Crippen molar-refractivity contribution >= 4 is 21.6 Å². The summed E-state index contributed by atoms with van der Waals surface area (Å²) in [6.07, 6.45) is 2.59. The van der Waals surface area contributed by atoms with E-state index >= 15 is 0 Å². The summed E-state index contributed by atoms with van der Waals surface area (Å²) in [7, 11) is 0. The molecule has 2 aromatic rings. The maximum atomic E-state index is 5.68. The fourth-order valence-electron chi connectivity index (χ4n) is 1.28. The van der Waals surface area contributed by atoms with E-state index < -0.39 is 0 Å². The van der Waals surface area contributed by atoms with Gasteiger partial charge in [-0.15, -0.1) is 0 Å². The van der Waals surface area contributed by atoms with E-state index in [1.807, 2.05) is 25.3 Å². The van der Waals surface area contributed by atoms with E-state index in [0.29, 0.717) is 6.42 Å². The molecule has 74 valence electrons. The van der Waals surface area contributed by atoms with E-state index in [1.54, 1.807) is 4.52 Å². The van der Waals surface area contributed by atoms with Crippen LogP contribution in [-0.4, -0.2) is 20.6 Å². The molecule has 1 unspecified atom stereocenters. The molecule has 0 radical (unpaired) electrons. The number of halogens is 1. The van der Waals surface area contributed by atoms with Crippen LogP contribution in [0.5, 0.6) is 0 Å². The number of nitrogens with two attached hydrogens (primary N) is 1. The van der Waals surface area contributed by atoms with Crippen molar-refractivity contribution < 1.29 is 0 Å². The lowest BCUT2D eigenvalue weighted by Crippen LogP contribution is -2.18. The number of pyridine rings is 1. The minimum atomic E-state index is 0.0934. The summed E-state index contributed by atoms with van der Waals surface area (Å²) in [5.41, 5.74) is 6.53. The molecule has 0 aliphatic carbocycles. The predicted molar refractivity (Wildman–Crippen MR) is 58.0 cm³/mol. The quantitative estimate of drug-likeness (QED) is 0.882. The molecule has 5 heteroatoms. The van der Waals surface area contributed by atoms with Crippen LogP contribution in [0.25, 0.3) is 5.65 Å². The van der Waals surface area contributed by atoms with Gasteiger partial charge in [-0.05, 0) is 35.0 Å². The molecule has 2 N–H and O–H groups in total. The van der Waals surface area contributed by atoms with Gasteiger partial charge < -0.3 is 5.73 Å². The summed E-state index contributed by atoms with van der Waals surface area (Å²) in [5.74, 6) is 0.790. The Labute approximate surface area is 90.3 Å². The van der Waals surface area contributed by atoms with Crippen LogP contribution in [0.3, 0.4) is 0 Å². The van der Waals surface area contributed by atoms with Crippen LogP contribution in [0.1, 0.15) is 12.7 Å². The Morgan fingerprint density at radius 1 is 1.57 bits per heavy atom. The van der Waals surface area contributed by atoms with Crippen LogP contribution < -0.4 is 5.73 Å². The fourth-order valence-corrected chi connectivity index (χ4v) is 1.60. The third-order valence-corrected chi connectivity index (χ3v) is 2.31. The first-order chi connectivity index (χ1) is 6.65. The van der Waals surface area contributed by atoms with Crippen molar-refractivity contribution in [3.63, 3.8) is 0 Å². The second-order valence-corrected chi connectivity index (χ2v) is 4.28. The van der Waals surface area contributed by atoms with Gasteiger partial charge in [-0.25, -0.2) is 9.50 Å². The van der Waals surface area contributed by atoms with E-state index in [2.05, 4.69) is 26.0 Å². The lowest BCUT2D eigenvalue weighted by atomic mass is 10.2. The van der Waals surface area contributed by atoms with Crippen LogP contribution in [0.15, 0.2) is 22.8 Å². The first-order valence-corrected chi connectivity index (χ1v) is 5.21. The van der Waals surface area contributed by atoms with Crippen molar-refractivity contribution in [2.45, 2.75) is 19.4 Å². The molecule has 0 saturated carbocycles. The van der Waals surface area contributed by atoms with Crippen LogP contribution >= 0.6 is 15.9 Å². The number of hydrogen-bond donors (Lipinski definition) is 1. The molecule has 0 spiro atoms. The van der Waals surface area contributed by atoms with Crippen molar-refractivity contribution in [1.82, 2.24) is 14.6 Å². The first kappa shape index (κ1) is 9.61. The number of nitrogens with zero attached hydrogens (tertiary/aromatic N) is 3. The fraction of sp³-hybridized carbons (Fsp3) is 0.333. The molecule has 0 aliphatic heterocycles. The minimum absolute atomic E-state index is 0.0934. The summed E-state index contributed by atoms with van der Waals surface area (Å²) in [6.45, 7) is 1.95. The van der Waals surface area contributed by atoms with Gasteiger partial charge in [-0.2, -0.15) is 5.10 Å². The van der Waals surface area contributed by atoms with E-state index in [0.717, 1.165) is 15.9 Å². The number of aromatic nitrogens is 3. The number of hydrogen-bond acceptors (Lipinski definition) is 3. The Kier molecular flexibility index (Phi) is 2.52. The average Bonchev–Trinajstić information content (AvgIpc) is 2.44.